The van der Waals surface area contributed by atoms with E-state index in [4.69, 9.17) is 0 Å². The lowest BCUT2D eigenvalue weighted by molar-refractivity contribution is -0.384. The average Bonchev–Trinajstić information content (AvgIpc) is 3.09. The van der Waals surface area contributed by atoms with Crippen molar-refractivity contribution in [2.24, 2.45) is 0 Å². The summed E-state index contributed by atoms with van der Waals surface area (Å²) in [5, 5.41) is 21.4. The van der Waals surface area contributed by atoms with Crippen molar-refractivity contribution >= 4 is 28.2 Å². The molecule has 0 aliphatic heterocycles. The number of nitriles is 1. The number of fused-ring (bicyclic) bond motifs is 1. The summed E-state index contributed by atoms with van der Waals surface area (Å²) in [7, 11) is 0. The van der Waals surface area contributed by atoms with Crippen LogP contribution in [0.15, 0.2) is 79.0 Å². The zero-order valence-corrected chi connectivity index (χ0v) is 15.8. The molecular formula is C24H16FN3O2. The molecule has 5 nitrogen and oxygen atoms in total. The van der Waals surface area contributed by atoms with Crippen molar-refractivity contribution < 1.29 is 9.31 Å². The fourth-order valence-electron chi connectivity index (χ4n) is 3.43. The van der Waals surface area contributed by atoms with Crippen LogP contribution in [0, 0.1) is 27.3 Å². The minimum atomic E-state index is -0.423. The first-order valence-corrected chi connectivity index (χ1v) is 9.24. The summed E-state index contributed by atoms with van der Waals surface area (Å²) in [6.07, 6.45) is 3.69. The Morgan fingerprint density at radius 2 is 1.87 bits per heavy atom. The predicted octanol–water partition coefficient (Wildman–Crippen LogP) is 5.80. The lowest BCUT2D eigenvalue weighted by Gasteiger charge is -2.05. The lowest BCUT2D eigenvalue weighted by atomic mass is 10.0. The maximum absolute atomic E-state index is 13.6. The zero-order valence-electron chi connectivity index (χ0n) is 15.8. The van der Waals surface area contributed by atoms with Gasteiger partial charge in [-0.15, -0.1) is 0 Å². The molecule has 0 aliphatic rings. The summed E-state index contributed by atoms with van der Waals surface area (Å²) >= 11 is 0. The van der Waals surface area contributed by atoms with Crippen molar-refractivity contribution in [3.05, 3.63) is 112 Å². The monoisotopic (exact) mass is 397 g/mol. The number of non-ortho nitro benzene ring substituents is 1. The average molecular weight is 397 g/mol. The van der Waals surface area contributed by atoms with E-state index in [1.807, 2.05) is 35.0 Å². The van der Waals surface area contributed by atoms with Gasteiger partial charge in [0, 0.05) is 41.3 Å². The van der Waals surface area contributed by atoms with Crippen LogP contribution in [0.2, 0.25) is 0 Å². The van der Waals surface area contributed by atoms with E-state index in [9.17, 15) is 19.8 Å². The van der Waals surface area contributed by atoms with Crippen LogP contribution in [0.4, 0.5) is 10.1 Å². The van der Waals surface area contributed by atoms with Gasteiger partial charge in [-0.25, -0.2) is 4.39 Å². The van der Waals surface area contributed by atoms with Gasteiger partial charge in [0.1, 0.15) is 5.82 Å². The van der Waals surface area contributed by atoms with Crippen molar-refractivity contribution in [3.8, 4) is 6.07 Å². The Morgan fingerprint density at radius 1 is 1.10 bits per heavy atom. The van der Waals surface area contributed by atoms with E-state index < -0.39 is 10.7 Å². The lowest BCUT2D eigenvalue weighted by Crippen LogP contribution is -1.98. The number of nitro benzene ring substituents is 1. The number of nitro groups is 1. The molecule has 1 heterocycles. The van der Waals surface area contributed by atoms with Crippen LogP contribution in [-0.2, 0) is 6.54 Å². The number of benzene rings is 3. The highest BCUT2D eigenvalue weighted by molar-refractivity contribution is 5.98. The van der Waals surface area contributed by atoms with Gasteiger partial charge >= 0.3 is 0 Å². The molecule has 0 radical (unpaired) electrons. The van der Waals surface area contributed by atoms with Gasteiger partial charge in [0.15, 0.2) is 0 Å². The minimum Gasteiger partial charge on any atom is -0.342 e. The van der Waals surface area contributed by atoms with Gasteiger partial charge in [0.25, 0.3) is 5.69 Å². The number of rotatable bonds is 5. The number of para-hydroxylation sites is 1. The Labute approximate surface area is 172 Å². The maximum Gasteiger partial charge on any atom is 0.269 e. The summed E-state index contributed by atoms with van der Waals surface area (Å²) in [5.74, 6) is -0.394. The normalized spacial score (nSPS) is 11.4. The van der Waals surface area contributed by atoms with Crippen LogP contribution in [0.25, 0.3) is 22.6 Å². The summed E-state index contributed by atoms with van der Waals surface area (Å²) in [5.41, 5.74) is 3.67. The first-order valence-electron chi connectivity index (χ1n) is 9.24. The van der Waals surface area contributed by atoms with Crippen LogP contribution in [0.1, 0.15) is 16.7 Å². The fraction of sp³-hybridized carbons (Fsp3) is 0.0417. The molecule has 0 saturated heterocycles. The topological polar surface area (TPSA) is 71.9 Å². The Balaban J connectivity index is 1.75. The van der Waals surface area contributed by atoms with E-state index >= 15 is 0 Å². The van der Waals surface area contributed by atoms with Crippen molar-refractivity contribution in [1.82, 2.24) is 4.57 Å². The van der Waals surface area contributed by atoms with Gasteiger partial charge in [-0.05, 0) is 35.4 Å². The van der Waals surface area contributed by atoms with Crippen LogP contribution in [-0.4, -0.2) is 9.49 Å². The molecule has 1 aromatic heterocycles. The SMILES string of the molecule is N#C/C(=C/c1cn(Cc2ccc([N+](=O)[O-])cc2)c2ccccc12)c1cccc(F)c1. The smallest absolute Gasteiger partial charge is 0.269 e. The van der Waals surface area contributed by atoms with Gasteiger partial charge < -0.3 is 4.57 Å². The molecule has 6 heteroatoms. The second kappa shape index (κ2) is 8.02. The van der Waals surface area contributed by atoms with Crippen LogP contribution in [0.5, 0.6) is 0 Å². The summed E-state index contributed by atoms with van der Waals surface area (Å²) < 4.78 is 15.6. The second-order valence-corrected chi connectivity index (χ2v) is 6.83. The fourth-order valence-corrected chi connectivity index (χ4v) is 3.43. The molecule has 30 heavy (non-hydrogen) atoms. The number of hydrogen-bond acceptors (Lipinski definition) is 3. The van der Waals surface area contributed by atoms with E-state index in [1.165, 1.54) is 24.3 Å². The zero-order chi connectivity index (χ0) is 21.1. The molecule has 0 unspecified atom stereocenters. The molecule has 0 bridgehead atoms. The quantitative estimate of drug-likeness (QED) is 0.243. The Bertz CT molecular complexity index is 1310. The highest BCUT2D eigenvalue weighted by Crippen LogP contribution is 2.27. The maximum atomic E-state index is 13.6. The summed E-state index contributed by atoms with van der Waals surface area (Å²) in [6, 6.07) is 22.3. The van der Waals surface area contributed by atoms with E-state index in [1.54, 1.807) is 30.3 Å². The third kappa shape index (κ3) is 3.82. The van der Waals surface area contributed by atoms with Crippen LogP contribution in [0.3, 0.4) is 0 Å². The Morgan fingerprint density at radius 3 is 2.57 bits per heavy atom. The van der Waals surface area contributed by atoms with Gasteiger partial charge in [-0.3, -0.25) is 10.1 Å². The predicted molar refractivity (Wildman–Crippen MR) is 114 cm³/mol. The molecule has 0 fully saturated rings. The molecule has 4 aromatic rings. The Hall–Kier alpha value is -4.24. The molecule has 0 spiro atoms. The third-order valence-corrected chi connectivity index (χ3v) is 4.88. The van der Waals surface area contributed by atoms with Crippen LogP contribution < -0.4 is 0 Å². The standard InChI is InChI=1S/C24H16FN3O2/c25-21-5-3-4-18(13-21)19(14-26)12-20-16-27(24-7-2-1-6-23(20)24)15-17-8-10-22(11-9-17)28(29)30/h1-13,16H,15H2/b19-12-. The minimum absolute atomic E-state index is 0.0495. The first kappa shape index (κ1) is 19.1. The highest BCUT2D eigenvalue weighted by atomic mass is 19.1. The third-order valence-electron chi connectivity index (χ3n) is 4.88. The number of nitrogens with zero attached hydrogens (tertiary/aromatic N) is 3. The second-order valence-electron chi connectivity index (χ2n) is 6.83. The van der Waals surface area contributed by atoms with Crippen molar-refractivity contribution in [1.29, 1.82) is 5.26 Å². The van der Waals surface area contributed by atoms with Gasteiger partial charge in [-0.2, -0.15) is 5.26 Å². The highest BCUT2D eigenvalue weighted by Gasteiger charge is 2.11. The van der Waals surface area contributed by atoms with E-state index in [-0.39, 0.29) is 5.69 Å². The largest absolute Gasteiger partial charge is 0.342 e. The Kier molecular flexibility index (Phi) is 5.10. The van der Waals surface area contributed by atoms with Crippen LogP contribution >= 0.6 is 0 Å². The van der Waals surface area contributed by atoms with E-state index in [2.05, 4.69) is 6.07 Å². The molecule has 3 aromatic carbocycles. The molecule has 0 saturated carbocycles. The van der Waals surface area contributed by atoms with Gasteiger partial charge in [-0.1, -0.05) is 42.5 Å². The molecule has 146 valence electrons. The molecule has 0 amide bonds. The van der Waals surface area contributed by atoms with Crippen molar-refractivity contribution in [2.45, 2.75) is 6.54 Å². The number of hydrogen-bond donors (Lipinski definition) is 0. The van der Waals surface area contributed by atoms with E-state index in [0.29, 0.717) is 17.7 Å². The number of aromatic nitrogens is 1. The molecule has 4 rings (SSSR count). The van der Waals surface area contributed by atoms with Gasteiger partial charge in [0.05, 0.1) is 16.6 Å². The number of halogens is 1. The number of allylic oxidation sites excluding steroid dienone is 1. The molecule has 0 N–H and O–H groups in total. The van der Waals surface area contributed by atoms with Crippen molar-refractivity contribution in [2.75, 3.05) is 0 Å². The summed E-state index contributed by atoms with van der Waals surface area (Å²) in [6.45, 7) is 0.522. The van der Waals surface area contributed by atoms with Gasteiger partial charge in [0.2, 0.25) is 0 Å². The first-order chi connectivity index (χ1) is 14.5. The summed E-state index contributed by atoms with van der Waals surface area (Å²) in [4.78, 5) is 10.4. The molecular weight excluding hydrogens is 381 g/mol. The molecule has 0 atom stereocenters. The van der Waals surface area contributed by atoms with E-state index in [0.717, 1.165) is 22.0 Å². The van der Waals surface area contributed by atoms with Crippen molar-refractivity contribution in [3.63, 3.8) is 0 Å². The molecule has 0 aliphatic carbocycles.